The van der Waals surface area contributed by atoms with Crippen molar-refractivity contribution in [3.8, 4) is 11.5 Å². The van der Waals surface area contributed by atoms with Crippen LogP contribution in [0.4, 0.5) is 0 Å². The maximum absolute atomic E-state index is 9.48. The molecular formula is C13H13N5O2. The van der Waals surface area contributed by atoms with Crippen LogP contribution < -0.4 is 5.73 Å². The zero-order valence-corrected chi connectivity index (χ0v) is 10.5. The lowest BCUT2D eigenvalue weighted by Crippen LogP contribution is -2.17. The van der Waals surface area contributed by atoms with Crippen LogP contribution in [0.3, 0.4) is 0 Å². The minimum Gasteiger partial charge on any atom is -0.504 e. The lowest BCUT2D eigenvalue weighted by molar-refractivity contribution is 0.403. The van der Waals surface area contributed by atoms with Crippen LogP contribution in [0.25, 0.3) is 5.65 Å². The van der Waals surface area contributed by atoms with Crippen LogP contribution in [-0.4, -0.2) is 30.0 Å². The normalized spacial score (nSPS) is 12.7. The summed E-state index contributed by atoms with van der Waals surface area (Å²) in [6.07, 6.45) is 2.09. The number of phenolic OH excluding ortho intramolecular Hbond substituents is 2. The van der Waals surface area contributed by atoms with Crippen LogP contribution in [0.1, 0.15) is 17.4 Å². The molecule has 0 spiro atoms. The van der Waals surface area contributed by atoms with E-state index in [0.717, 1.165) is 5.56 Å². The first-order valence-electron chi connectivity index (χ1n) is 6.08. The molecule has 0 aliphatic heterocycles. The maximum Gasteiger partial charge on any atom is 0.177 e. The highest BCUT2D eigenvalue weighted by molar-refractivity contribution is 5.41. The second-order valence-corrected chi connectivity index (χ2v) is 4.49. The van der Waals surface area contributed by atoms with Crippen molar-refractivity contribution < 1.29 is 10.2 Å². The van der Waals surface area contributed by atoms with Crippen molar-refractivity contribution in [2.75, 3.05) is 0 Å². The molecule has 1 unspecified atom stereocenters. The minimum absolute atomic E-state index is 0.156. The predicted octanol–water partition coefficient (Wildman–Crippen LogP) is 0.778. The zero-order valence-electron chi connectivity index (χ0n) is 10.5. The van der Waals surface area contributed by atoms with E-state index in [9.17, 15) is 10.2 Å². The molecule has 7 heteroatoms. The fourth-order valence-corrected chi connectivity index (χ4v) is 2.03. The van der Waals surface area contributed by atoms with Crippen molar-refractivity contribution in [2.45, 2.75) is 12.5 Å². The summed E-state index contributed by atoms with van der Waals surface area (Å²) in [4.78, 5) is 0. The van der Waals surface area contributed by atoms with Crippen molar-refractivity contribution in [3.05, 3.63) is 47.9 Å². The highest BCUT2D eigenvalue weighted by Gasteiger charge is 2.15. The number of nitrogens with two attached hydrogens (primary N) is 1. The average molecular weight is 271 g/mol. The summed E-state index contributed by atoms with van der Waals surface area (Å²) < 4.78 is 1.59. The van der Waals surface area contributed by atoms with Gasteiger partial charge in [0.2, 0.25) is 0 Å². The highest BCUT2D eigenvalue weighted by Crippen LogP contribution is 2.26. The van der Waals surface area contributed by atoms with Crippen molar-refractivity contribution in [1.82, 2.24) is 19.8 Å². The molecule has 0 saturated carbocycles. The topological polar surface area (TPSA) is 110 Å². The summed E-state index contributed by atoms with van der Waals surface area (Å²) >= 11 is 0. The largest absolute Gasteiger partial charge is 0.504 e. The third-order valence-corrected chi connectivity index (χ3v) is 3.03. The van der Waals surface area contributed by atoms with Gasteiger partial charge in [0.1, 0.15) is 0 Å². The number of phenols is 2. The van der Waals surface area contributed by atoms with Crippen molar-refractivity contribution >= 4 is 5.65 Å². The second-order valence-electron chi connectivity index (χ2n) is 4.49. The Balaban J connectivity index is 1.89. The Morgan fingerprint density at radius 1 is 1.15 bits per heavy atom. The number of aromatic hydroxyl groups is 2. The Kier molecular flexibility index (Phi) is 2.96. The van der Waals surface area contributed by atoms with Gasteiger partial charge >= 0.3 is 0 Å². The molecule has 0 amide bonds. The monoisotopic (exact) mass is 271 g/mol. The Morgan fingerprint density at radius 2 is 2.00 bits per heavy atom. The highest BCUT2D eigenvalue weighted by atomic mass is 16.3. The molecular weight excluding hydrogens is 258 g/mol. The fourth-order valence-electron chi connectivity index (χ4n) is 2.03. The molecule has 2 heterocycles. The first-order chi connectivity index (χ1) is 9.65. The molecule has 0 radical (unpaired) electrons. The number of hydrogen-bond donors (Lipinski definition) is 3. The molecule has 3 aromatic rings. The first-order valence-corrected chi connectivity index (χ1v) is 6.08. The van der Waals surface area contributed by atoms with Crippen LogP contribution in [0.2, 0.25) is 0 Å². The molecule has 1 atom stereocenters. The van der Waals surface area contributed by atoms with Crippen LogP contribution in [0.5, 0.6) is 11.5 Å². The SMILES string of the molecule is NC(Cc1ccc(O)c(O)c1)c1nnc2cccnn12. The van der Waals surface area contributed by atoms with E-state index < -0.39 is 6.04 Å². The molecule has 3 rings (SSSR count). The van der Waals surface area contributed by atoms with Crippen LogP contribution in [0.15, 0.2) is 36.5 Å². The summed E-state index contributed by atoms with van der Waals surface area (Å²) in [5.41, 5.74) is 7.54. The maximum atomic E-state index is 9.48. The summed E-state index contributed by atoms with van der Waals surface area (Å²) in [7, 11) is 0. The fraction of sp³-hybridized carbons (Fsp3) is 0.154. The van der Waals surface area contributed by atoms with E-state index in [0.29, 0.717) is 17.9 Å². The van der Waals surface area contributed by atoms with E-state index in [4.69, 9.17) is 5.73 Å². The molecule has 0 fully saturated rings. The van der Waals surface area contributed by atoms with Gasteiger partial charge in [0.05, 0.1) is 6.04 Å². The molecule has 102 valence electrons. The van der Waals surface area contributed by atoms with Gasteiger partial charge in [-0.2, -0.15) is 9.61 Å². The standard InChI is InChI=1S/C13H13N5O2/c14-9(6-8-3-4-10(19)11(20)7-8)13-17-16-12-2-1-5-15-18(12)13/h1-5,7,9,19-20H,6,14H2. The van der Waals surface area contributed by atoms with E-state index in [1.54, 1.807) is 28.9 Å². The smallest absolute Gasteiger partial charge is 0.177 e. The summed E-state index contributed by atoms with van der Waals surface area (Å²) in [5.74, 6) is 0.226. The van der Waals surface area contributed by atoms with Gasteiger partial charge in [-0.05, 0) is 36.2 Å². The van der Waals surface area contributed by atoms with Gasteiger partial charge in [0.25, 0.3) is 0 Å². The van der Waals surface area contributed by atoms with E-state index in [1.165, 1.54) is 12.1 Å². The zero-order chi connectivity index (χ0) is 14.1. The van der Waals surface area contributed by atoms with Crippen LogP contribution in [-0.2, 0) is 6.42 Å². The van der Waals surface area contributed by atoms with E-state index in [-0.39, 0.29) is 11.5 Å². The predicted molar refractivity (Wildman–Crippen MR) is 71.2 cm³/mol. The van der Waals surface area contributed by atoms with Gasteiger partial charge in [0, 0.05) is 6.20 Å². The average Bonchev–Trinajstić information content (AvgIpc) is 2.87. The third-order valence-electron chi connectivity index (χ3n) is 3.03. The van der Waals surface area contributed by atoms with Crippen molar-refractivity contribution in [3.63, 3.8) is 0 Å². The van der Waals surface area contributed by atoms with Gasteiger partial charge in [-0.3, -0.25) is 0 Å². The molecule has 0 aliphatic carbocycles. The quantitative estimate of drug-likeness (QED) is 0.607. The Morgan fingerprint density at radius 3 is 2.80 bits per heavy atom. The van der Waals surface area contributed by atoms with E-state index >= 15 is 0 Å². The number of nitrogens with zero attached hydrogens (tertiary/aromatic N) is 4. The van der Waals surface area contributed by atoms with Crippen molar-refractivity contribution in [1.29, 1.82) is 0 Å². The third kappa shape index (κ3) is 2.14. The van der Waals surface area contributed by atoms with Gasteiger partial charge in [-0.15, -0.1) is 10.2 Å². The molecule has 2 aromatic heterocycles. The Bertz CT molecular complexity index is 755. The number of hydrogen-bond acceptors (Lipinski definition) is 6. The number of aromatic nitrogens is 4. The molecule has 0 bridgehead atoms. The second kappa shape index (κ2) is 4.78. The summed E-state index contributed by atoms with van der Waals surface area (Å²) in [6, 6.07) is 7.76. The molecule has 0 saturated heterocycles. The lowest BCUT2D eigenvalue weighted by atomic mass is 10.1. The van der Waals surface area contributed by atoms with Crippen molar-refractivity contribution in [2.24, 2.45) is 5.73 Å². The van der Waals surface area contributed by atoms with E-state index in [1.807, 2.05) is 0 Å². The van der Waals surface area contributed by atoms with E-state index in [2.05, 4.69) is 15.3 Å². The van der Waals surface area contributed by atoms with Gasteiger partial charge < -0.3 is 15.9 Å². The van der Waals surface area contributed by atoms with Gasteiger partial charge in [-0.25, -0.2) is 0 Å². The number of benzene rings is 1. The molecule has 7 nitrogen and oxygen atoms in total. The number of fused-ring (bicyclic) bond motifs is 1. The Hall–Kier alpha value is -2.67. The van der Waals surface area contributed by atoms with Gasteiger partial charge in [-0.1, -0.05) is 6.07 Å². The van der Waals surface area contributed by atoms with Gasteiger partial charge in [0.15, 0.2) is 23.0 Å². The molecule has 0 aliphatic rings. The minimum atomic E-state index is -0.413. The summed E-state index contributed by atoms with van der Waals surface area (Å²) in [6.45, 7) is 0. The lowest BCUT2D eigenvalue weighted by Gasteiger charge is -2.10. The molecule has 20 heavy (non-hydrogen) atoms. The molecule has 4 N–H and O–H groups in total. The van der Waals surface area contributed by atoms with Crippen LogP contribution in [0, 0.1) is 0 Å². The number of rotatable bonds is 3. The Labute approximate surface area is 114 Å². The van der Waals surface area contributed by atoms with Crippen LogP contribution >= 0.6 is 0 Å². The molecule has 1 aromatic carbocycles. The first kappa shape index (κ1) is 12.4. The summed E-state index contributed by atoms with van der Waals surface area (Å²) in [5, 5.41) is 31.0.